The molecule has 1 aromatic heterocycles. The standard InChI is InChI=1S/C19H19N3O6S/c23-19-21(13-14-4-6-15(7-5-14)22(24)25)17-9-8-16(12-18(17)28-19)29(26,27)20-10-2-1-3-11-20/h4-9,12H,1-3,10-11,13H2. The second-order valence-electron chi connectivity index (χ2n) is 6.97. The van der Waals surface area contributed by atoms with Crippen LogP contribution in [0.3, 0.4) is 0 Å². The molecule has 0 radical (unpaired) electrons. The number of nitro groups is 1. The third-order valence-electron chi connectivity index (χ3n) is 5.08. The number of hydrogen-bond acceptors (Lipinski definition) is 6. The van der Waals surface area contributed by atoms with Gasteiger partial charge in [-0.15, -0.1) is 0 Å². The molecule has 1 saturated heterocycles. The fourth-order valence-electron chi connectivity index (χ4n) is 3.52. The van der Waals surface area contributed by atoms with Gasteiger partial charge in [-0.25, -0.2) is 13.2 Å². The Morgan fingerprint density at radius 2 is 1.72 bits per heavy atom. The van der Waals surface area contributed by atoms with Gasteiger partial charge in [0.1, 0.15) is 0 Å². The van der Waals surface area contributed by atoms with Crippen molar-refractivity contribution in [2.24, 2.45) is 0 Å². The zero-order valence-electron chi connectivity index (χ0n) is 15.5. The highest BCUT2D eigenvalue weighted by atomic mass is 32.2. The maximum absolute atomic E-state index is 12.8. The predicted octanol–water partition coefficient (Wildman–Crippen LogP) is 2.73. The van der Waals surface area contributed by atoms with E-state index in [1.807, 2.05) is 0 Å². The first kappa shape index (κ1) is 19.3. The maximum atomic E-state index is 12.8. The smallest absolute Gasteiger partial charge is 0.408 e. The predicted molar refractivity (Wildman–Crippen MR) is 105 cm³/mol. The largest absolute Gasteiger partial charge is 0.420 e. The second-order valence-corrected chi connectivity index (χ2v) is 8.91. The summed E-state index contributed by atoms with van der Waals surface area (Å²) in [6, 6.07) is 10.3. The lowest BCUT2D eigenvalue weighted by atomic mass is 10.2. The van der Waals surface area contributed by atoms with Gasteiger partial charge in [-0.05, 0) is 30.5 Å². The van der Waals surface area contributed by atoms with Crippen molar-refractivity contribution in [2.45, 2.75) is 30.7 Å². The van der Waals surface area contributed by atoms with E-state index >= 15 is 0 Å². The van der Waals surface area contributed by atoms with Gasteiger partial charge in [-0.2, -0.15) is 4.31 Å². The molecule has 0 aliphatic carbocycles. The van der Waals surface area contributed by atoms with Crippen molar-refractivity contribution < 1.29 is 17.8 Å². The van der Waals surface area contributed by atoms with Crippen molar-refractivity contribution >= 4 is 26.8 Å². The zero-order chi connectivity index (χ0) is 20.6. The maximum Gasteiger partial charge on any atom is 0.420 e. The molecule has 1 aliphatic rings. The van der Waals surface area contributed by atoms with Crippen LogP contribution in [0.5, 0.6) is 0 Å². The Morgan fingerprint density at radius 1 is 1.03 bits per heavy atom. The summed E-state index contributed by atoms with van der Waals surface area (Å²) >= 11 is 0. The summed E-state index contributed by atoms with van der Waals surface area (Å²) in [4.78, 5) is 22.7. The Kier molecular flexibility index (Phi) is 4.97. The number of nitro benzene ring substituents is 1. The first-order valence-electron chi connectivity index (χ1n) is 9.23. The summed E-state index contributed by atoms with van der Waals surface area (Å²) < 4.78 is 33.8. The molecule has 152 valence electrons. The molecule has 0 spiro atoms. The molecule has 4 rings (SSSR count). The summed E-state index contributed by atoms with van der Waals surface area (Å²) in [7, 11) is -3.63. The normalized spacial score (nSPS) is 15.6. The van der Waals surface area contributed by atoms with Crippen LogP contribution >= 0.6 is 0 Å². The Morgan fingerprint density at radius 3 is 2.38 bits per heavy atom. The Bertz CT molecular complexity index is 1220. The van der Waals surface area contributed by atoms with Crippen LogP contribution < -0.4 is 5.76 Å². The van der Waals surface area contributed by atoms with Crippen LogP contribution in [-0.4, -0.2) is 35.3 Å². The number of benzene rings is 2. The molecule has 3 aromatic rings. The molecule has 0 bridgehead atoms. The number of piperidine rings is 1. The number of non-ortho nitro benzene ring substituents is 1. The molecule has 0 atom stereocenters. The molecule has 0 saturated carbocycles. The van der Waals surface area contributed by atoms with Gasteiger partial charge >= 0.3 is 5.76 Å². The quantitative estimate of drug-likeness (QED) is 0.466. The van der Waals surface area contributed by atoms with Crippen LogP contribution in [0.15, 0.2) is 56.6 Å². The monoisotopic (exact) mass is 417 g/mol. The van der Waals surface area contributed by atoms with Gasteiger partial charge in [-0.3, -0.25) is 14.7 Å². The van der Waals surface area contributed by atoms with Gasteiger partial charge in [0.15, 0.2) is 5.58 Å². The van der Waals surface area contributed by atoms with Gasteiger partial charge in [0, 0.05) is 31.3 Å². The third-order valence-corrected chi connectivity index (χ3v) is 6.98. The summed E-state index contributed by atoms with van der Waals surface area (Å²) in [5.41, 5.74) is 1.30. The van der Waals surface area contributed by atoms with E-state index < -0.39 is 20.7 Å². The SMILES string of the molecule is O=c1oc2cc(S(=O)(=O)N3CCCCC3)ccc2n1Cc1ccc([N+](=O)[O-])cc1. The lowest BCUT2D eigenvalue weighted by molar-refractivity contribution is -0.384. The van der Waals surface area contributed by atoms with Crippen molar-refractivity contribution in [3.05, 3.63) is 68.7 Å². The topological polar surface area (TPSA) is 116 Å². The zero-order valence-corrected chi connectivity index (χ0v) is 16.3. The van der Waals surface area contributed by atoms with E-state index in [0.29, 0.717) is 24.2 Å². The van der Waals surface area contributed by atoms with Crippen LogP contribution in [0.25, 0.3) is 11.1 Å². The molecule has 0 amide bonds. The van der Waals surface area contributed by atoms with Crippen molar-refractivity contribution in [2.75, 3.05) is 13.1 Å². The number of fused-ring (bicyclic) bond motifs is 1. The number of oxazole rings is 1. The molecular weight excluding hydrogens is 398 g/mol. The fourth-order valence-corrected chi connectivity index (χ4v) is 5.05. The molecule has 1 aliphatic heterocycles. The van der Waals surface area contributed by atoms with E-state index in [4.69, 9.17) is 4.42 Å². The van der Waals surface area contributed by atoms with Crippen LogP contribution in [-0.2, 0) is 16.6 Å². The van der Waals surface area contributed by atoms with Crippen molar-refractivity contribution in [1.29, 1.82) is 0 Å². The summed E-state index contributed by atoms with van der Waals surface area (Å²) in [6.07, 6.45) is 2.69. The summed E-state index contributed by atoms with van der Waals surface area (Å²) in [6.45, 7) is 1.14. The highest BCUT2D eigenvalue weighted by molar-refractivity contribution is 7.89. The average molecular weight is 417 g/mol. The molecule has 10 heteroatoms. The molecule has 9 nitrogen and oxygen atoms in total. The molecule has 2 aromatic carbocycles. The van der Waals surface area contributed by atoms with Gasteiger partial charge in [0.05, 0.1) is 21.9 Å². The van der Waals surface area contributed by atoms with E-state index in [-0.39, 0.29) is 22.7 Å². The number of nitrogens with zero attached hydrogens (tertiary/aromatic N) is 3. The molecule has 1 fully saturated rings. The average Bonchev–Trinajstić information content (AvgIpc) is 3.03. The first-order valence-corrected chi connectivity index (χ1v) is 10.7. The highest BCUT2D eigenvalue weighted by Crippen LogP contribution is 2.24. The van der Waals surface area contributed by atoms with Crippen LogP contribution in [0.2, 0.25) is 0 Å². The molecule has 29 heavy (non-hydrogen) atoms. The number of rotatable bonds is 5. The van der Waals surface area contributed by atoms with E-state index in [1.54, 1.807) is 18.2 Å². The minimum Gasteiger partial charge on any atom is -0.408 e. The van der Waals surface area contributed by atoms with Gasteiger partial charge in [-0.1, -0.05) is 18.6 Å². The van der Waals surface area contributed by atoms with Crippen molar-refractivity contribution in [3.8, 4) is 0 Å². The third kappa shape index (κ3) is 3.68. The summed E-state index contributed by atoms with van der Waals surface area (Å²) in [5, 5.41) is 10.8. The molecular formula is C19H19N3O6S. The van der Waals surface area contributed by atoms with Gasteiger partial charge < -0.3 is 4.42 Å². The lowest BCUT2D eigenvalue weighted by Gasteiger charge is -2.25. The number of aromatic nitrogens is 1. The minimum atomic E-state index is -3.63. The fraction of sp³-hybridized carbons (Fsp3) is 0.316. The van der Waals surface area contributed by atoms with Gasteiger partial charge in [0.25, 0.3) is 5.69 Å². The Balaban J connectivity index is 1.66. The molecule has 2 heterocycles. The van der Waals surface area contributed by atoms with Gasteiger partial charge in [0.2, 0.25) is 10.0 Å². The van der Waals surface area contributed by atoms with Crippen LogP contribution in [0.4, 0.5) is 5.69 Å². The van der Waals surface area contributed by atoms with E-state index in [0.717, 1.165) is 19.3 Å². The van der Waals surface area contributed by atoms with Crippen molar-refractivity contribution in [1.82, 2.24) is 8.87 Å². The van der Waals surface area contributed by atoms with E-state index in [2.05, 4.69) is 0 Å². The molecule has 0 unspecified atom stereocenters. The van der Waals surface area contributed by atoms with Crippen LogP contribution in [0, 0.1) is 10.1 Å². The Hall–Kier alpha value is -2.98. The molecule has 0 N–H and O–H groups in total. The lowest BCUT2D eigenvalue weighted by Crippen LogP contribution is -2.35. The van der Waals surface area contributed by atoms with Crippen LogP contribution in [0.1, 0.15) is 24.8 Å². The summed E-state index contributed by atoms with van der Waals surface area (Å²) in [5.74, 6) is -0.620. The van der Waals surface area contributed by atoms with E-state index in [9.17, 15) is 23.3 Å². The number of hydrogen-bond donors (Lipinski definition) is 0. The Labute approximate surface area is 166 Å². The second kappa shape index (κ2) is 7.45. The van der Waals surface area contributed by atoms with E-state index in [1.165, 1.54) is 33.1 Å². The number of sulfonamides is 1. The van der Waals surface area contributed by atoms with Crippen molar-refractivity contribution in [3.63, 3.8) is 0 Å². The first-order chi connectivity index (χ1) is 13.9. The minimum absolute atomic E-state index is 0.0364. The highest BCUT2D eigenvalue weighted by Gasteiger charge is 2.27.